The standard InChI is InChI=1S/C22H25N5O3S/c1-22(2,3)18-15-20(27(25-18)19-10-4-5-11-23-19)24-21(28)16-8-6-9-17(14-16)26-12-7-13-31(26,29)30/h4-6,8-11,14-15H,7,12-13H2,1-3H3,(H,24,28). The molecule has 1 amide bonds. The second-order valence-electron chi connectivity index (χ2n) is 8.51. The molecule has 2 aromatic heterocycles. The van der Waals surface area contributed by atoms with E-state index in [0.29, 0.717) is 35.9 Å². The SMILES string of the molecule is CC(C)(C)c1cc(NC(=O)c2cccc(N3CCCS3(=O)=O)c2)n(-c2ccccn2)n1. The van der Waals surface area contributed by atoms with Crippen LogP contribution >= 0.6 is 0 Å². The molecule has 1 aliphatic heterocycles. The minimum atomic E-state index is -3.32. The highest BCUT2D eigenvalue weighted by Crippen LogP contribution is 2.27. The summed E-state index contributed by atoms with van der Waals surface area (Å²) in [5.41, 5.74) is 1.46. The molecule has 8 nitrogen and oxygen atoms in total. The Labute approximate surface area is 182 Å². The van der Waals surface area contributed by atoms with Crippen LogP contribution in [-0.4, -0.2) is 41.4 Å². The van der Waals surface area contributed by atoms with E-state index in [2.05, 4.69) is 15.4 Å². The van der Waals surface area contributed by atoms with Crippen molar-refractivity contribution in [3.05, 3.63) is 66.0 Å². The normalized spacial score (nSPS) is 15.8. The Balaban J connectivity index is 1.66. The molecule has 3 heterocycles. The molecule has 9 heteroatoms. The van der Waals surface area contributed by atoms with Gasteiger partial charge in [-0.05, 0) is 36.8 Å². The van der Waals surface area contributed by atoms with Crippen molar-refractivity contribution < 1.29 is 13.2 Å². The van der Waals surface area contributed by atoms with Crippen LogP contribution in [0.1, 0.15) is 43.2 Å². The van der Waals surface area contributed by atoms with Crippen LogP contribution in [0.15, 0.2) is 54.7 Å². The van der Waals surface area contributed by atoms with Gasteiger partial charge in [-0.2, -0.15) is 9.78 Å². The molecular weight excluding hydrogens is 414 g/mol. The van der Waals surface area contributed by atoms with Gasteiger partial charge in [-0.15, -0.1) is 0 Å². The quantitative estimate of drug-likeness (QED) is 0.672. The zero-order valence-electron chi connectivity index (χ0n) is 17.7. The molecule has 0 unspecified atom stereocenters. The summed E-state index contributed by atoms with van der Waals surface area (Å²) < 4.78 is 27.4. The predicted molar refractivity (Wildman–Crippen MR) is 120 cm³/mol. The molecule has 1 N–H and O–H groups in total. The molecule has 4 rings (SSSR count). The van der Waals surface area contributed by atoms with Crippen LogP contribution in [0, 0.1) is 0 Å². The topological polar surface area (TPSA) is 97.2 Å². The fourth-order valence-electron chi connectivity index (χ4n) is 3.41. The Hall–Kier alpha value is -3.20. The van der Waals surface area contributed by atoms with Crippen LogP contribution in [0.25, 0.3) is 5.82 Å². The van der Waals surface area contributed by atoms with Gasteiger partial charge in [-0.25, -0.2) is 13.4 Å². The Bertz CT molecular complexity index is 1210. The lowest BCUT2D eigenvalue weighted by Gasteiger charge is -2.17. The fraction of sp³-hybridized carbons (Fsp3) is 0.318. The first kappa shape index (κ1) is 21.0. The lowest BCUT2D eigenvalue weighted by Crippen LogP contribution is -2.25. The second kappa shape index (κ2) is 7.81. The van der Waals surface area contributed by atoms with Gasteiger partial charge in [-0.1, -0.05) is 32.9 Å². The van der Waals surface area contributed by atoms with Crippen molar-refractivity contribution in [3.8, 4) is 5.82 Å². The van der Waals surface area contributed by atoms with Gasteiger partial charge in [0.15, 0.2) is 5.82 Å². The summed E-state index contributed by atoms with van der Waals surface area (Å²) >= 11 is 0. The molecule has 31 heavy (non-hydrogen) atoms. The van der Waals surface area contributed by atoms with E-state index < -0.39 is 10.0 Å². The van der Waals surface area contributed by atoms with E-state index in [1.54, 1.807) is 35.1 Å². The number of sulfonamides is 1. The monoisotopic (exact) mass is 439 g/mol. The van der Waals surface area contributed by atoms with Crippen LogP contribution in [0.5, 0.6) is 0 Å². The number of nitrogens with zero attached hydrogens (tertiary/aromatic N) is 4. The summed E-state index contributed by atoms with van der Waals surface area (Å²) in [6.45, 7) is 6.56. The van der Waals surface area contributed by atoms with Crippen LogP contribution in [0.3, 0.4) is 0 Å². The van der Waals surface area contributed by atoms with Gasteiger partial charge in [0.2, 0.25) is 10.0 Å². The third-order valence-corrected chi connectivity index (χ3v) is 6.95. The maximum atomic E-state index is 13.0. The molecule has 0 saturated carbocycles. The molecule has 1 aliphatic rings. The maximum absolute atomic E-state index is 13.0. The van der Waals surface area contributed by atoms with Crippen LogP contribution in [-0.2, 0) is 15.4 Å². The lowest BCUT2D eigenvalue weighted by atomic mass is 9.92. The van der Waals surface area contributed by atoms with Crippen molar-refractivity contribution in [2.24, 2.45) is 0 Å². The number of nitrogens with one attached hydrogen (secondary N) is 1. The number of amides is 1. The summed E-state index contributed by atoms with van der Waals surface area (Å²) in [6.07, 6.45) is 2.25. The third-order valence-electron chi connectivity index (χ3n) is 5.08. The molecule has 162 valence electrons. The number of aromatic nitrogens is 3. The summed E-state index contributed by atoms with van der Waals surface area (Å²) in [4.78, 5) is 17.4. The Morgan fingerprint density at radius 1 is 1.10 bits per heavy atom. The van der Waals surface area contributed by atoms with Crippen LogP contribution < -0.4 is 9.62 Å². The third kappa shape index (κ3) is 4.32. The highest BCUT2D eigenvalue weighted by atomic mass is 32.2. The van der Waals surface area contributed by atoms with E-state index in [1.807, 2.05) is 45.0 Å². The van der Waals surface area contributed by atoms with E-state index in [9.17, 15) is 13.2 Å². The van der Waals surface area contributed by atoms with Gasteiger partial charge in [0.05, 0.1) is 17.1 Å². The molecule has 0 radical (unpaired) electrons. The molecule has 0 atom stereocenters. The first-order valence-corrected chi connectivity index (χ1v) is 11.7. The average Bonchev–Trinajstić information content (AvgIpc) is 3.31. The van der Waals surface area contributed by atoms with E-state index in [-0.39, 0.29) is 17.1 Å². The van der Waals surface area contributed by atoms with Gasteiger partial charge in [0, 0.05) is 29.8 Å². The van der Waals surface area contributed by atoms with Crippen molar-refractivity contribution in [2.75, 3.05) is 21.9 Å². The Kier molecular flexibility index (Phi) is 5.30. The van der Waals surface area contributed by atoms with Crippen molar-refractivity contribution in [1.82, 2.24) is 14.8 Å². The second-order valence-corrected chi connectivity index (χ2v) is 10.5. The molecule has 1 aromatic carbocycles. The summed E-state index contributed by atoms with van der Waals surface area (Å²) in [7, 11) is -3.32. The molecular formula is C22H25N5O3S. The van der Waals surface area contributed by atoms with E-state index in [0.717, 1.165) is 5.69 Å². The van der Waals surface area contributed by atoms with Gasteiger partial charge in [-0.3, -0.25) is 9.10 Å². The summed E-state index contributed by atoms with van der Waals surface area (Å²) in [6, 6.07) is 14.0. The van der Waals surface area contributed by atoms with E-state index in [4.69, 9.17) is 0 Å². The number of hydrogen-bond donors (Lipinski definition) is 1. The number of benzene rings is 1. The molecule has 1 saturated heterocycles. The Morgan fingerprint density at radius 2 is 1.90 bits per heavy atom. The minimum Gasteiger partial charge on any atom is -0.306 e. The zero-order chi connectivity index (χ0) is 22.2. The van der Waals surface area contributed by atoms with Crippen molar-refractivity contribution in [2.45, 2.75) is 32.6 Å². The first-order chi connectivity index (χ1) is 14.6. The summed E-state index contributed by atoms with van der Waals surface area (Å²) in [5.74, 6) is 0.858. The zero-order valence-corrected chi connectivity index (χ0v) is 18.6. The molecule has 3 aromatic rings. The molecule has 1 fully saturated rings. The van der Waals surface area contributed by atoms with Gasteiger partial charge in [0.25, 0.3) is 5.91 Å². The number of pyridine rings is 1. The van der Waals surface area contributed by atoms with Gasteiger partial charge in [0.1, 0.15) is 5.82 Å². The molecule has 0 bridgehead atoms. The number of anilines is 2. The number of rotatable bonds is 4. The van der Waals surface area contributed by atoms with Gasteiger partial charge < -0.3 is 5.32 Å². The smallest absolute Gasteiger partial charge is 0.256 e. The van der Waals surface area contributed by atoms with Crippen LogP contribution in [0.4, 0.5) is 11.5 Å². The number of hydrogen-bond acceptors (Lipinski definition) is 5. The average molecular weight is 440 g/mol. The Morgan fingerprint density at radius 3 is 2.55 bits per heavy atom. The van der Waals surface area contributed by atoms with Gasteiger partial charge >= 0.3 is 0 Å². The predicted octanol–water partition coefficient (Wildman–Crippen LogP) is 3.36. The minimum absolute atomic E-state index is 0.127. The lowest BCUT2D eigenvalue weighted by molar-refractivity contribution is 0.102. The summed E-state index contributed by atoms with van der Waals surface area (Å²) in [5, 5.41) is 7.56. The fourth-order valence-corrected chi connectivity index (χ4v) is 4.97. The first-order valence-electron chi connectivity index (χ1n) is 10.1. The molecule has 0 spiro atoms. The number of carbonyl (C=O) groups excluding carboxylic acids is 1. The number of carbonyl (C=O) groups is 1. The van der Waals surface area contributed by atoms with Crippen LogP contribution in [0.2, 0.25) is 0 Å². The molecule has 0 aliphatic carbocycles. The maximum Gasteiger partial charge on any atom is 0.256 e. The highest BCUT2D eigenvalue weighted by Gasteiger charge is 2.29. The highest BCUT2D eigenvalue weighted by molar-refractivity contribution is 7.93. The van der Waals surface area contributed by atoms with Crippen molar-refractivity contribution >= 4 is 27.4 Å². The van der Waals surface area contributed by atoms with Crippen molar-refractivity contribution in [1.29, 1.82) is 0 Å². The largest absolute Gasteiger partial charge is 0.306 e. The van der Waals surface area contributed by atoms with E-state index >= 15 is 0 Å². The van der Waals surface area contributed by atoms with Crippen molar-refractivity contribution in [3.63, 3.8) is 0 Å². The van der Waals surface area contributed by atoms with E-state index in [1.165, 1.54) is 4.31 Å².